The number of hydrogen-bond acceptors (Lipinski definition) is 2. The molecule has 0 unspecified atom stereocenters. The van der Waals surface area contributed by atoms with Crippen molar-refractivity contribution in [3.63, 3.8) is 0 Å². The molecule has 1 radical (unpaired) electrons. The fourth-order valence-corrected chi connectivity index (χ4v) is 0.974. The highest BCUT2D eigenvalue weighted by atomic mass is 16.5. The van der Waals surface area contributed by atoms with Crippen LogP contribution in [0.2, 0.25) is 0 Å². The fraction of sp³-hybridized carbons (Fsp3) is 0.200. The van der Waals surface area contributed by atoms with Crippen LogP contribution in [0.4, 0.5) is 0 Å². The Hall–Kier alpha value is -1.62. The average molecular weight is 161 g/mol. The predicted octanol–water partition coefficient (Wildman–Crippen LogP) is 1.64. The van der Waals surface area contributed by atoms with Crippen molar-refractivity contribution in [3.8, 4) is 17.4 Å². The van der Waals surface area contributed by atoms with E-state index in [0.717, 1.165) is 0 Å². The first kappa shape index (κ1) is 8.48. The Balaban J connectivity index is 3.25. The minimum Gasteiger partial charge on any atom is -0.495 e. The van der Waals surface area contributed by atoms with Crippen molar-refractivity contribution in [2.75, 3.05) is 14.2 Å². The Labute approximate surface area is 72.1 Å². The Kier molecular flexibility index (Phi) is 2.60. The molecule has 0 aromatic heterocycles. The number of hydrogen-bond donors (Lipinski definition) is 0. The van der Waals surface area contributed by atoms with Crippen molar-refractivity contribution in [2.45, 2.75) is 0 Å². The van der Waals surface area contributed by atoms with Gasteiger partial charge >= 0.3 is 0 Å². The van der Waals surface area contributed by atoms with Crippen LogP contribution in [0.15, 0.2) is 18.2 Å². The van der Waals surface area contributed by atoms with Crippen LogP contribution < -0.4 is 9.47 Å². The van der Waals surface area contributed by atoms with Gasteiger partial charge in [0.05, 0.1) is 14.2 Å². The summed E-state index contributed by atoms with van der Waals surface area (Å²) in [5.41, 5.74) is 0.544. The summed E-state index contributed by atoms with van der Waals surface area (Å²) in [6.45, 7) is 0. The zero-order chi connectivity index (χ0) is 8.97. The lowest BCUT2D eigenvalue weighted by atomic mass is 10.2. The second-order valence-electron chi connectivity index (χ2n) is 2.16. The zero-order valence-corrected chi connectivity index (χ0v) is 7.05. The highest BCUT2D eigenvalue weighted by Crippen LogP contribution is 2.26. The first-order valence-corrected chi connectivity index (χ1v) is 3.47. The van der Waals surface area contributed by atoms with Gasteiger partial charge in [0.25, 0.3) is 0 Å². The van der Waals surface area contributed by atoms with Crippen LogP contribution in [-0.4, -0.2) is 14.2 Å². The lowest BCUT2D eigenvalue weighted by Gasteiger charge is -2.06. The molecule has 61 valence electrons. The van der Waals surface area contributed by atoms with Gasteiger partial charge in [0.15, 0.2) is 0 Å². The van der Waals surface area contributed by atoms with Gasteiger partial charge < -0.3 is 9.47 Å². The van der Waals surface area contributed by atoms with E-state index in [1.165, 1.54) is 0 Å². The SMILES string of the molecule is [C]#Cc1c(OC)cccc1OC. The molecule has 1 aromatic rings. The van der Waals surface area contributed by atoms with E-state index >= 15 is 0 Å². The van der Waals surface area contributed by atoms with Gasteiger partial charge in [0, 0.05) is 0 Å². The molecular formula is C10H9O2. The van der Waals surface area contributed by atoms with E-state index in [0.29, 0.717) is 17.1 Å². The lowest BCUT2D eigenvalue weighted by molar-refractivity contribution is 0.392. The normalized spacial score (nSPS) is 8.75. The number of ether oxygens (including phenoxy) is 2. The molecule has 0 atom stereocenters. The molecule has 0 aliphatic carbocycles. The smallest absolute Gasteiger partial charge is 0.138 e. The number of rotatable bonds is 2. The summed E-state index contributed by atoms with van der Waals surface area (Å²) in [6, 6.07) is 5.33. The van der Waals surface area contributed by atoms with Crippen LogP contribution in [0.5, 0.6) is 11.5 Å². The third-order valence-corrected chi connectivity index (χ3v) is 1.55. The number of methoxy groups -OCH3 is 2. The molecule has 1 aromatic carbocycles. The van der Waals surface area contributed by atoms with Crippen molar-refractivity contribution >= 4 is 0 Å². The second kappa shape index (κ2) is 3.68. The summed E-state index contributed by atoms with van der Waals surface area (Å²) >= 11 is 0. The summed E-state index contributed by atoms with van der Waals surface area (Å²) in [5, 5.41) is 0. The highest BCUT2D eigenvalue weighted by Gasteiger charge is 2.05. The molecule has 0 amide bonds. The van der Waals surface area contributed by atoms with Crippen molar-refractivity contribution in [1.82, 2.24) is 0 Å². The molecule has 0 saturated heterocycles. The van der Waals surface area contributed by atoms with Gasteiger partial charge in [-0.05, 0) is 24.5 Å². The Morgan fingerprint density at radius 1 is 1.17 bits per heavy atom. The van der Waals surface area contributed by atoms with E-state index in [4.69, 9.17) is 15.9 Å². The third-order valence-electron chi connectivity index (χ3n) is 1.55. The minimum atomic E-state index is 0.544. The van der Waals surface area contributed by atoms with Gasteiger partial charge in [-0.1, -0.05) is 6.07 Å². The molecule has 0 saturated carbocycles. The van der Waals surface area contributed by atoms with E-state index < -0.39 is 0 Å². The molecule has 0 heterocycles. The Bertz CT molecular complexity index is 288. The van der Waals surface area contributed by atoms with Crippen LogP contribution in [0.1, 0.15) is 5.56 Å². The van der Waals surface area contributed by atoms with Gasteiger partial charge in [-0.25, -0.2) is 0 Å². The highest BCUT2D eigenvalue weighted by molar-refractivity contribution is 5.53. The topological polar surface area (TPSA) is 18.5 Å². The van der Waals surface area contributed by atoms with E-state index in [2.05, 4.69) is 5.92 Å². The van der Waals surface area contributed by atoms with Crippen LogP contribution >= 0.6 is 0 Å². The molecule has 0 aliphatic rings. The van der Waals surface area contributed by atoms with Gasteiger partial charge in [-0.2, -0.15) is 0 Å². The van der Waals surface area contributed by atoms with E-state index in [1.54, 1.807) is 32.4 Å². The molecule has 2 heteroatoms. The zero-order valence-electron chi connectivity index (χ0n) is 7.05. The van der Waals surface area contributed by atoms with E-state index in [1.807, 2.05) is 0 Å². The van der Waals surface area contributed by atoms with Gasteiger partial charge in [-0.3, -0.25) is 0 Å². The second-order valence-corrected chi connectivity index (χ2v) is 2.16. The van der Waals surface area contributed by atoms with Crippen LogP contribution in [0.25, 0.3) is 0 Å². The Morgan fingerprint density at radius 2 is 1.67 bits per heavy atom. The molecular weight excluding hydrogens is 152 g/mol. The first-order valence-electron chi connectivity index (χ1n) is 3.47. The summed E-state index contributed by atoms with van der Waals surface area (Å²) in [4.78, 5) is 0. The molecule has 0 N–H and O–H groups in total. The molecule has 12 heavy (non-hydrogen) atoms. The van der Waals surface area contributed by atoms with Crippen molar-refractivity contribution < 1.29 is 9.47 Å². The van der Waals surface area contributed by atoms with Gasteiger partial charge in [0.1, 0.15) is 17.1 Å². The molecule has 2 nitrogen and oxygen atoms in total. The van der Waals surface area contributed by atoms with Gasteiger partial charge in [-0.15, -0.1) is 0 Å². The van der Waals surface area contributed by atoms with Crippen LogP contribution in [0.3, 0.4) is 0 Å². The van der Waals surface area contributed by atoms with Gasteiger partial charge in [0.2, 0.25) is 0 Å². The first-order chi connectivity index (χ1) is 5.83. The maximum absolute atomic E-state index is 7.02. The quantitative estimate of drug-likeness (QED) is 0.614. The third kappa shape index (κ3) is 1.35. The Morgan fingerprint density at radius 3 is 2.00 bits per heavy atom. The maximum Gasteiger partial charge on any atom is 0.138 e. The van der Waals surface area contributed by atoms with Crippen molar-refractivity contribution in [2.24, 2.45) is 0 Å². The number of benzene rings is 1. The van der Waals surface area contributed by atoms with Crippen LogP contribution in [-0.2, 0) is 0 Å². The fourth-order valence-electron chi connectivity index (χ4n) is 0.974. The minimum absolute atomic E-state index is 0.544. The average Bonchev–Trinajstić information content (AvgIpc) is 2.16. The summed E-state index contributed by atoms with van der Waals surface area (Å²) in [5.74, 6) is 3.47. The maximum atomic E-state index is 7.02. The lowest BCUT2D eigenvalue weighted by Crippen LogP contribution is -1.92. The summed E-state index contributed by atoms with van der Waals surface area (Å²) < 4.78 is 10.0. The monoisotopic (exact) mass is 161 g/mol. The van der Waals surface area contributed by atoms with E-state index in [9.17, 15) is 0 Å². The molecule has 0 fully saturated rings. The standard InChI is InChI=1S/C10H9O2/c1-4-8-9(11-2)6-5-7-10(8)12-3/h5-7H,2-3H3. The van der Waals surface area contributed by atoms with E-state index in [-0.39, 0.29) is 0 Å². The summed E-state index contributed by atoms with van der Waals surface area (Å²) in [7, 11) is 3.10. The molecule has 0 aliphatic heterocycles. The van der Waals surface area contributed by atoms with Crippen molar-refractivity contribution in [1.29, 1.82) is 0 Å². The predicted molar refractivity (Wildman–Crippen MR) is 45.8 cm³/mol. The largest absolute Gasteiger partial charge is 0.495 e. The molecule has 0 bridgehead atoms. The molecule has 1 rings (SSSR count). The molecule has 0 spiro atoms. The summed E-state index contributed by atoms with van der Waals surface area (Å²) in [6.07, 6.45) is 7.02. The van der Waals surface area contributed by atoms with Crippen molar-refractivity contribution in [3.05, 3.63) is 30.2 Å². The van der Waals surface area contributed by atoms with Crippen LogP contribution in [0, 0.1) is 12.3 Å².